The maximum atomic E-state index is 12.3. The summed E-state index contributed by atoms with van der Waals surface area (Å²) in [6, 6.07) is 1.70. The highest BCUT2D eigenvalue weighted by atomic mass is 16.2. The van der Waals surface area contributed by atoms with Gasteiger partial charge in [0.05, 0.1) is 17.4 Å². The van der Waals surface area contributed by atoms with Crippen molar-refractivity contribution in [3.8, 4) is 0 Å². The summed E-state index contributed by atoms with van der Waals surface area (Å²) in [5.74, 6) is 0.0352. The summed E-state index contributed by atoms with van der Waals surface area (Å²) in [7, 11) is 0. The Hall–Kier alpha value is -1.58. The van der Waals surface area contributed by atoms with Crippen LogP contribution in [-0.4, -0.2) is 28.9 Å². The summed E-state index contributed by atoms with van der Waals surface area (Å²) in [6.45, 7) is 6.17. The van der Waals surface area contributed by atoms with E-state index in [0.717, 1.165) is 25.9 Å². The fraction of sp³-hybridized carbons (Fsp3) is 0.571. The fourth-order valence-corrected chi connectivity index (χ4v) is 2.37. The van der Waals surface area contributed by atoms with Crippen molar-refractivity contribution in [2.45, 2.75) is 33.1 Å². The van der Waals surface area contributed by atoms with Crippen LogP contribution in [0.1, 0.15) is 43.5 Å². The molecule has 0 spiro atoms. The topological polar surface area (TPSA) is 59.2 Å². The molecule has 1 aliphatic heterocycles. The molecule has 2 rings (SSSR count). The number of anilines is 1. The summed E-state index contributed by atoms with van der Waals surface area (Å²) in [4.78, 5) is 18.2. The van der Waals surface area contributed by atoms with Crippen molar-refractivity contribution in [3.05, 3.63) is 24.0 Å². The highest BCUT2D eigenvalue weighted by molar-refractivity contribution is 5.98. The van der Waals surface area contributed by atoms with Crippen LogP contribution in [0.15, 0.2) is 18.5 Å². The molecule has 1 aliphatic rings. The lowest BCUT2D eigenvalue weighted by Gasteiger charge is -2.39. The highest BCUT2D eigenvalue weighted by Crippen LogP contribution is 2.34. The second-order valence-corrected chi connectivity index (χ2v) is 5.42. The van der Waals surface area contributed by atoms with Crippen molar-refractivity contribution in [2.75, 3.05) is 18.8 Å². The van der Waals surface area contributed by atoms with Gasteiger partial charge in [0.25, 0.3) is 5.91 Å². The minimum atomic E-state index is 0.0352. The van der Waals surface area contributed by atoms with Crippen LogP contribution in [0.5, 0.6) is 0 Å². The molecule has 0 saturated carbocycles. The zero-order valence-corrected chi connectivity index (χ0v) is 11.1. The van der Waals surface area contributed by atoms with Gasteiger partial charge in [0, 0.05) is 19.3 Å². The van der Waals surface area contributed by atoms with Crippen LogP contribution in [0, 0.1) is 5.41 Å². The maximum absolute atomic E-state index is 12.3. The van der Waals surface area contributed by atoms with Crippen molar-refractivity contribution in [2.24, 2.45) is 5.41 Å². The number of aromatic nitrogens is 1. The Bertz CT molecular complexity index is 436. The first-order valence-corrected chi connectivity index (χ1v) is 6.54. The number of nitrogens with two attached hydrogens (primary N) is 1. The molecular formula is C14H21N3O. The van der Waals surface area contributed by atoms with Gasteiger partial charge in [-0.25, -0.2) is 0 Å². The van der Waals surface area contributed by atoms with Gasteiger partial charge >= 0.3 is 0 Å². The number of carbonyl (C=O) groups is 1. The molecule has 4 nitrogen and oxygen atoms in total. The second kappa shape index (κ2) is 4.96. The molecular weight excluding hydrogens is 226 g/mol. The molecule has 18 heavy (non-hydrogen) atoms. The predicted octanol–water partition coefficient (Wildman–Crippen LogP) is 2.32. The third-order valence-electron chi connectivity index (χ3n) is 4.19. The van der Waals surface area contributed by atoms with E-state index in [0.29, 0.717) is 16.7 Å². The van der Waals surface area contributed by atoms with E-state index in [1.165, 1.54) is 12.6 Å². The largest absolute Gasteiger partial charge is 0.397 e. The van der Waals surface area contributed by atoms with Gasteiger partial charge < -0.3 is 10.6 Å². The quantitative estimate of drug-likeness (QED) is 0.872. The van der Waals surface area contributed by atoms with Crippen molar-refractivity contribution in [1.82, 2.24) is 9.88 Å². The number of hydrogen-bond acceptors (Lipinski definition) is 3. The van der Waals surface area contributed by atoms with Crippen LogP contribution >= 0.6 is 0 Å². The van der Waals surface area contributed by atoms with Gasteiger partial charge in [-0.05, 0) is 24.3 Å². The number of carbonyl (C=O) groups excluding carboxylic acids is 1. The van der Waals surface area contributed by atoms with Gasteiger partial charge in [-0.3, -0.25) is 9.78 Å². The molecule has 2 N–H and O–H groups in total. The number of amides is 1. The average molecular weight is 247 g/mol. The second-order valence-electron chi connectivity index (χ2n) is 5.42. The Labute approximate surface area is 108 Å². The first kappa shape index (κ1) is 12.9. The first-order valence-electron chi connectivity index (χ1n) is 6.54. The molecule has 0 radical (unpaired) electrons. The lowest BCUT2D eigenvalue weighted by molar-refractivity contribution is 0.0601. The molecule has 0 unspecified atom stereocenters. The van der Waals surface area contributed by atoms with E-state index in [4.69, 9.17) is 5.73 Å². The average Bonchev–Trinajstić information content (AvgIpc) is 2.39. The molecule has 1 aromatic heterocycles. The number of rotatable bonds is 2. The summed E-state index contributed by atoms with van der Waals surface area (Å²) in [5, 5.41) is 0. The predicted molar refractivity (Wildman–Crippen MR) is 72.2 cm³/mol. The zero-order chi connectivity index (χ0) is 13.2. The van der Waals surface area contributed by atoms with Gasteiger partial charge in [0.15, 0.2) is 0 Å². The summed E-state index contributed by atoms with van der Waals surface area (Å²) >= 11 is 0. The molecule has 2 heterocycles. The Morgan fingerprint density at radius 2 is 2.17 bits per heavy atom. The van der Waals surface area contributed by atoms with E-state index >= 15 is 0 Å². The number of hydrogen-bond donors (Lipinski definition) is 1. The van der Waals surface area contributed by atoms with E-state index < -0.39 is 0 Å². The molecule has 0 aliphatic carbocycles. The zero-order valence-electron chi connectivity index (χ0n) is 11.1. The third kappa shape index (κ3) is 2.47. The van der Waals surface area contributed by atoms with Gasteiger partial charge in [-0.15, -0.1) is 0 Å². The number of nitrogen functional groups attached to an aromatic ring is 1. The lowest BCUT2D eigenvalue weighted by atomic mass is 9.78. The molecule has 0 bridgehead atoms. The number of pyridine rings is 1. The van der Waals surface area contributed by atoms with Gasteiger partial charge in [-0.1, -0.05) is 20.3 Å². The monoisotopic (exact) mass is 247 g/mol. The van der Waals surface area contributed by atoms with Crippen LogP contribution in [0.4, 0.5) is 5.69 Å². The van der Waals surface area contributed by atoms with Crippen molar-refractivity contribution in [1.29, 1.82) is 0 Å². The van der Waals surface area contributed by atoms with Crippen LogP contribution in [0.3, 0.4) is 0 Å². The van der Waals surface area contributed by atoms with E-state index in [9.17, 15) is 4.79 Å². The van der Waals surface area contributed by atoms with Crippen LogP contribution in [0.2, 0.25) is 0 Å². The van der Waals surface area contributed by atoms with Gasteiger partial charge in [-0.2, -0.15) is 0 Å². The van der Waals surface area contributed by atoms with E-state index in [1.54, 1.807) is 12.3 Å². The Morgan fingerprint density at radius 1 is 1.50 bits per heavy atom. The number of nitrogens with zero attached hydrogens (tertiary/aromatic N) is 2. The summed E-state index contributed by atoms with van der Waals surface area (Å²) in [6.07, 6.45) is 6.46. The van der Waals surface area contributed by atoms with Gasteiger partial charge in [0.2, 0.25) is 0 Å². The lowest BCUT2D eigenvalue weighted by Crippen LogP contribution is -2.42. The fourth-order valence-electron chi connectivity index (χ4n) is 2.37. The molecule has 1 aromatic rings. The molecule has 1 fully saturated rings. The van der Waals surface area contributed by atoms with E-state index in [2.05, 4.69) is 18.8 Å². The highest BCUT2D eigenvalue weighted by Gasteiger charge is 2.30. The Morgan fingerprint density at radius 3 is 2.72 bits per heavy atom. The van der Waals surface area contributed by atoms with Crippen LogP contribution < -0.4 is 5.73 Å². The Kier molecular flexibility index (Phi) is 3.55. The van der Waals surface area contributed by atoms with Crippen molar-refractivity contribution < 1.29 is 4.79 Å². The Balaban J connectivity index is 2.07. The van der Waals surface area contributed by atoms with E-state index in [1.807, 2.05) is 4.90 Å². The standard InChI is InChI=1S/C14H21N3O/c1-3-14(2)5-8-17(9-6-14)13(18)11-4-7-16-10-12(11)15/h4,7,10H,3,5-6,8-9,15H2,1-2H3. The SMILES string of the molecule is CCC1(C)CCN(C(=O)c2ccncc2N)CC1. The molecule has 0 atom stereocenters. The number of piperidine rings is 1. The van der Waals surface area contributed by atoms with Crippen LogP contribution in [0.25, 0.3) is 0 Å². The molecule has 98 valence electrons. The maximum Gasteiger partial charge on any atom is 0.256 e. The smallest absolute Gasteiger partial charge is 0.256 e. The normalized spacial score (nSPS) is 18.7. The third-order valence-corrected chi connectivity index (χ3v) is 4.19. The van der Waals surface area contributed by atoms with E-state index in [-0.39, 0.29) is 5.91 Å². The minimum Gasteiger partial charge on any atom is -0.397 e. The molecule has 4 heteroatoms. The van der Waals surface area contributed by atoms with Crippen LogP contribution in [-0.2, 0) is 0 Å². The molecule has 1 amide bonds. The van der Waals surface area contributed by atoms with Crippen molar-refractivity contribution in [3.63, 3.8) is 0 Å². The molecule has 0 aromatic carbocycles. The summed E-state index contributed by atoms with van der Waals surface area (Å²) in [5.41, 5.74) is 7.23. The van der Waals surface area contributed by atoms with Crippen molar-refractivity contribution >= 4 is 11.6 Å². The summed E-state index contributed by atoms with van der Waals surface area (Å²) < 4.78 is 0. The number of likely N-dealkylation sites (tertiary alicyclic amines) is 1. The van der Waals surface area contributed by atoms with Gasteiger partial charge in [0.1, 0.15) is 0 Å². The first-order chi connectivity index (χ1) is 8.56. The molecule has 1 saturated heterocycles. The minimum absolute atomic E-state index is 0.0352.